The topological polar surface area (TPSA) is 131 Å². The Bertz CT molecular complexity index is 1300. The Morgan fingerprint density at radius 2 is 1.71 bits per heavy atom. The Hall–Kier alpha value is -4.86. The minimum Gasteiger partial charge on any atom is -0.388 e. The summed E-state index contributed by atoms with van der Waals surface area (Å²) in [7, 11) is 5.40. The van der Waals surface area contributed by atoms with E-state index >= 15 is 0 Å². The molecule has 3 amide bonds. The van der Waals surface area contributed by atoms with Crippen molar-refractivity contribution >= 4 is 46.9 Å². The van der Waals surface area contributed by atoms with E-state index in [2.05, 4.69) is 41.9 Å². The quantitative estimate of drug-likeness (QED) is 0.162. The first kappa shape index (κ1) is 27.7. The molecule has 0 saturated carbocycles. The maximum atomic E-state index is 12.1. The normalized spacial score (nSPS) is 12.2. The molecular formula is C28H34N8O2. The maximum Gasteiger partial charge on any atom is 0.323 e. The lowest BCUT2D eigenvalue weighted by molar-refractivity contribution is -0.105. The van der Waals surface area contributed by atoms with Gasteiger partial charge in [0.15, 0.2) is 0 Å². The van der Waals surface area contributed by atoms with Crippen LogP contribution >= 0.6 is 0 Å². The van der Waals surface area contributed by atoms with Gasteiger partial charge in [0.25, 0.3) is 0 Å². The summed E-state index contributed by atoms with van der Waals surface area (Å²) in [6, 6.07) is 20.5. The number of aliphatic imine (C=N–C) groups is 2. The maximum absolute atomic E-state index is 12.1. The van der Waals surface area contributed by atoms with Crippen molar-refractivity contribution in [2.24, 2.45) is 9.98 Å². The van der Waals surface area contributed by atoms with Crippen LogP contribution in [0.15, 0.2) is 76.7 Å². The first-order valence-corrected chi connectivity index (χ1v) is 12.2. The molecule has 3 aromatic carbocycles. The number of urea groups is 1. The van der Waals surface area contributed by atoms with E-state index in [1.54, 1.807) is 7.05 Å². The van der Waals surface area contributed by atoms with E-state index in [4.69, 9.17) is 0 Å². The predicted molar refractivity (Wildman–Crippen MR) is 157 cm³/mol. The van der Waals surface area contributed by atoms with Gasteiger partial charge in [-0.1, -0.05) is 18.2 Å². The molecule has 0 aliphatic carbocycles. The highest BCUT2D eigenvalue weighted by atomic mass is 16.2. The van der Waals surface area contributed by atoms with Gasteiger partial charge in [-0.05, 0) is 61.0 Å². The molecule has 38 heavy (non-hydrogen) atoms. The first-order chi connectivity index (χ1) is 18.5. The number of rotatable bonds is 7. The van der Waals surface area contributed by atoms with Crippen molar-refractivity contribution < 1.29 is 9.59 Å². The van der Waals surface area contributed by atoms with Gasteiger partial charge in [-0.3, -0.25) is 14.8 Å². The third kappa shape index (κ3) is 7.82. The van der Waals surface area contributed by atoms with Gasteiger partial charge in [0.05, 0.1) is 6.54 Å². The molecule has 3 aromatic rings. The number of carbonyl (C=O) groups is 2. The molecule has 198 valence electrons. The van der Waals surface area contributed by atoms with Crippen LogP contribution in [0.2, 0.25) is 0 Å². The van der Waals surface area contributed by atoms with E-state index in [1.807, 2.05) is 87.7 Å². The lowest BCUT2D eigenvalue weighted by Gasteiger charge is -2.11. The first-order valence-electron chi connectivity index (χ1n) is 12.2. The molecule has 0 atom stereocenters. The van der Waals surface area contributed by atoms with Gasteiger partial charge < -0.3 is 31.9 Å². The van der Waals surface area contributed by atoms with E-state index in [0.29, 0.717) is 12.1 Å². The van der Waals surface area contributed by atoms with Gasteiger partial charge in [0.2, 0.25) is 6.41 Å². The van der Waals surface area contributed by atoms with E-state index in [9.17, 15) is 9.59 Å². The van der Waals surface area contributed by atoms with Crippen LogP contribution in [0.3, 0.4) is 0 Å². The summed E-state index contributed by atoms with van der Waals surface area (Å²) in [6.07, 6.45) is 0.670. The van der Waals surface area contributed by atoms with E-state index in [-0.39, 0.29) is 6.03 Å². The second-order valence-corrected chi connectivity index (χ2v) is 8.26. The number of nitrogens with one attached hydrogen (secondary N) is 6. The van der Waals surface area contributed by atoms with Crippen LogP contribution in [-0.4, -0.2) is 58.3 Å². The molecule has 0 aromatic heterocycles. The van der Waals surface area contributed by atoms with Gasteiger partial charge in [-0.15, -0.1) is 0 Å². The number of hydrogen-bond donors (Lipinski definition) is 6. The van der Waals surface area contributed by atoms with Crippen LogP contribution in [0, 0.1) is 6.92 Å². The van der Waals surface area contributed by atoms with Crippen molar-refractivity contribution in [1.29, 1.82) is 0 Å². The summed E-state index contributed by atoms with van der Waals surface area (Å²) in [4.78, 5) is 30.8. The van der Waals surface area contributed by atoms with Crippen molar-refractivity contribution in [3.05, 3.63) is 83.4 Å². The van der Waals surface area contributed by atoms with Gasteiger partial charge in [0.1, 0.15) is 11.7 Å². The Balaban J connectivity index is 0.000000241. The Labute approximate surface area is 223 Å². The van der Waals surface area contributed by atoms with Crippen molar-refractivity contribution in [3.63, 3.8) is 0 Å². The van der Waals surface area contributed by atoms with Crippen LogP contribution in [0.1, 0.15) is 16.7 Å². The van der Waals surface area contributed by atoms with Crippen molar-refractivity contribution in [3.8, 4) is 0 Å². The van der Waals surface area contributed by atoms with Crippen molar-refractivity contribution in [2.45, 2.75) is 6.92 Å². The Morgan fingerprint density at radius 3 is 2.34 bits per heavy atom. The minimum atomic E-state index is -0.286. The van der Waals surface area contributed by atoms with Gasteiger partial charge in [-0.2, -0.15) is 0 Å². The summed E-state index contributed by atoms with van der Waals surface area (Å²) in [5, 5.41) is 17.5. The van der Waals surface area contributed by atoms with E-state index < -0.39 is 0 Å². The zero-order chi connectivity index (χ0) is 27.3. The molecule has 0 bridgehead atoms. The van der Waals surface area contributed by atoms with Gasteiger partial charge in [0, 0.05) is 61.6 Å². The van der Waals surface area contributed by atoms with Crippen LogP contribution in [0.4, 0.5) is 27.5 Å². The minimum absolute atomic E-state index is 0.286. The van der Waals surface area contributed by atoms with Gasteiger partial charge >= 0.3 is 6.03 Å². The predicted octanol–water partition coefficient (Wildman–Crippen LogP) is 3.88. The van der Waals surface area contributed by atoms with Crippen LogP contribution in [0.5, 0.6) is 0 Å². The molecule has 0 unspecified atom stereocenters. The number of hydrogen-bond acceptors (Lipinski definition) is 6. The zero-order valence-corrected chi connectivity index (χ0v) is 22.1. The number of aryl methyl sites for hydroxylation is 1. The highest BCUT2D eigenvalue weighted by Gasteiger charge is 2.08. The molecule has 0 saturated heterocycles. The number of benzene rings is 3. The fourth-order valence-electron chi connectivity index (χ4n) is 3.77. The smallest absolute Gasteiger partial charge is 0.323 e. The third-order valence-electron chi connectivity index (χ3n) is 5.68. The molecule has 0 fully saturated rings. The van der Waals surface area contributed by atoms with Gasteiger partial charge in [-0.25, -0.2) is 4.79 Å². The van der Waals surface area contributed by atoms with Crippen LogP contribution < -0.4 is 31.9 Å². The summed E-state index contributed by atoms with van der Waals surface area (Å²) in [5.41, 5.74) is 6.30. The zero-order valence-electron chi connectivity index (χ0n) is 22.1. The Morgan fingerprint density at radius 1 is 0.974 bits per heavy atom. The Kier molecular flexibility index (Phi) is 10.2. The van der Waals surface area contributed by atoms with E-state index in [1.165, 1.54) is 0 Å². The average molecular weight is 515 g/mol. The number of carbonyl (C=O) groups excluding carboxylic acids is 2. The standard InChI is InChI=1S/C18H23N5O.C10H11N3O/c1-12-5-8-15(11-16(12)19-2)23-18(24)22-14-9-6-13(7-10-14)17(20-3)21-4;14-7-13-9-3-1-2-8(6-9)10-11-4-5-12-10/h5-11,19H,1-4H3,(H,20,21)(H2,22,23,24);1-3,6-7H,4-5H2,(H,11,12)(H,13,14). The molecule has 0 radical (unpaired) electrons. The molecular weight excluding hydrogens is 480 g/mol. The average Bonchev–Trinajstić information content (AvgIpc) is 3.47. The lowest BCUT2D eigenvalue weighted by Crippen LogP contribution is -2.21. The SMILES string of the molecule is CN=C(NC)c1ccc(NC(=O)Nc2ccc(C)c(NC)c2)cc1.O=CNc1cccc(C2=NCCN2)c1. The fraction of sp³-hybridized carbons (Fsp3) is 0.214. The summed E-state index contributed by atoms with van der Waals surface area (Å²) in [6.45, 7) is 3.72. The number of amides is 3. The highest BCUT2D eigenvalue weighted by molar-refractivity contribution is 6.02. The third-order valence-corrected chi connectivity index (χ3v) is 5.68. The highest BCUT2D eigenvalue weighted by Crippen LogP contribution is 2.20. The molecule has 1 aliphatic rings. The lowest BCUT2D eigenvalue weighted by atomic mass is 10.2. The summed E-state index contributed by atoms with van der Waals surface area (Å²) < 4.78 is 0. The number of amidine groups is 2. The number of nitrogens with zero attached hydrogens (tertiary/aromatic N) is 2. The van der Waals surface area contributed by atoms with Crippen molar-refractivity contribution in [2.75, 3.05) is 55.5 Å². The fourth-order valence-corrected chi connectivity index (χ4v) is 3.77. The molecule has 1 aliphatic heterocycles. The summed E-state index contributed by atoms with van der Waals surface area (Å²) >= 11 is 0. The molecule has 1 heterocycles. The molecule has 10 nitrogen and oxygen atoms in total. The number of anilines is 4. The largest absolute Gasteiger partial charge is 0.388 e. The van der Waals surface area contributed by atoms with Crippen molar-refractivity contribution in [1.82, 2.24) is 10.6 Å². The molecule has 0 spiro atoms. The molecule has 4 rings (SSSR count). The second kappa shape index (κ2) is 14.0. The monoisotopic (exact) mass is 514 g/mol. The van der Waals surface area contributed by atoms with Crippen LogP contribution in [-0.2, 0) is 4.79 Å². The molecule has 6 N–H and O–H groups in total. The van der Waals surface area contributed by atoms with Crippen LogP contribution in [0.25, 0.3) is 0 Å². The second-order valence-electron chi connectivity index (χ2n) is 8.26. The van der Waals surface area contributed by atoms with E-state index in [0.717, 1.165) is 58.5 Å². The molecule has 10 heteroatoms. The summed E-state index contributed by atoms with van der Waals surface area (Å²) in [5.74, 6) is 1.70.